The maximum absolute atomic E-state index is 13.6. The Bertz CT molecular complexity index is 1620. The first-order valence-electron chi connectivity index (χ1n) is 14.0. The Morgan fingerprint density at radius 3 is 2.36 bits per heavy atom. The Morgan fingerprint density at radius 1 is 1.00 bits per heavy atom. The van der Waals surface area contributed by atoms with E-state index >= 15 is 0 Å². The molecule has 2 N–H and O–H groups in total. The van der Waals surface area contributed by atoms with E-state index in [9.17, 15) is 4.79 Å². The lowest BCUT2D eigenvalue weighted by atomic mass is 9.87. The molecule has 5 aromatic rings. The summed E-state index contributed by atoms with van der Waals surface area (Å²) in [5.74, 6) is 0.949. The molecule has 0 radical (unpaired) electrons. The van der Waals surface area contributed by atoms with Crippen molar-refractivity contribution in [1.29, 1.82) is 0 Å². The molecule has 5 rings (SSSR count). The van der Waals surface area contributed by atoms with Crippen molar-refractivity contribution in [2.45, 2.75) is 44.7 Å². The number of nitrogens with zero attached hydrogens (tertiary/aromatic N) is 5. The number of likely N-dealkylation sites (N-methyl/N-ethyl adjacent to an activating group) is 1. The predicted molar refractivity (Wildman–Crippen MR) is 163 cm³/mol. The molecule has 1 atom stereocenters. The molecule has 9 nitrogen and oxygen atoms in total. The molecule has 0 saturated heterocycles. The van der Waals surface area contributed by atoms with Crippen LogP contribution in [0.15, 0.2) is 78.9 Å². The van der Waals surface area contributed by atoms with Crippen molar-refractivity contribution in [3.8, 4) is 22.5 Å². The Kier molecular flexibility index (Phi) is 9.09. The summed E-state index contributed by atoms with van der Waals surface area (Å²) in [4.78, 5) is 18.4. The number of rotatable bonds is 12. The second-order valence-corrected chi connectivity index (χ2v) is 10.5. The number of halogens is 1. The van der Waals surface area contributed by atoms with E-state index in [1.54, 1.807) is 7.05 Å². The van der Waals surface area contributed by atoms with Gasteiger partial charge in [-0.3, -0.25) is 5.32 Å². The summed E-state index contributed by atoms with van der Waals surface area (Å²) in [6, 6.07) is 26.1. The van der Waals surface area contributed by atoms with E-state index in [2.05, 4.69) is 61.7 Å². The van der Waals surface area contributed by atoms with Crippen LogP contribution in [0.25, 0.3) is 22.5 Å². The van der Waals surface area contributed by atoms with Gasteiger partial charge >= 0.3 is 5.97 Å². The van der Waals surface area contributed by atoms with Gasteiger partial charge in [-0.05, 0) is 40.9 Å². The van der Waals surface area contributed by atoms with Gasteiger partial charge in [-0.15, -0.1) is 10.2 Å². The molecule has 0 aliphatic heterocycles. The molecule has 2 aromatic heterocycles. The molecule has 0 fully saturated rings. The maximum atomic E-state index is 13.6. The third-order valence-corrected chi connectivity index (χ3v) is 7.82. The minimum atomic E-state index is -1.24. The molecular weight excluding hydrogens is 550 g/mol. The van der Waals surface area contributed by atoms with Crippen LogP contribution >= 0.6 is 11.6 Å². The Labute approximate surface area is 250 Å². The highest BCUT2D eigenvalue weighted by Crippen LogP contribution is 2.35. The van der Waals surface area contributed by atoms with Gasteiger partial charge < -0.3 is 9.30 Å². The number of aromatic nitrogens is 6. The van der Waals surface area contributed by atoms with Gasteiger partial charge in [0.1, 0.15) is 5.82 Å². The van der Waals surface area contributed by atoms with Gasteiger partial charge in [0.25, 0.3) is 0 Å². The number of carbonyl (C=O) groups excluding carboxylic acids is 1. The van der Waals surface area contributed by atoms with Gasteiger partial charge in [-0.1, -0.05) is 104 Å². The monoisotopic (exact) mass is 583 g/mol. The number of methoxy groups -OCH3 is 1. The molecule has 0 saturated carbocycles. The normalized spacial score (nSPS) is 12.7. The Balaban J connectivity index is 1.56. The zero-order chi connectivity index (χ0) is 29.5. The molecule has 0 unspecified atom stereocenters. The highest BCUT2D eigenvalue weighted by molar-refractivity contribution is 6.30. The summed E-state index contributed by atoms with van der Waals surface area (Å²) in [7, 11) is 3.16. The average molecular weight is 584 g/mol. The second kappa shape index (κ2) is 13.1. The van der Waals surface area contributed by atoms with Crippen molar-refractivity contribution in [2.75, 3.05) is 14.2 Å². The minimum Gasteiger partial charge on any atom is -0.467 e. The SMILES string of the molecule is CCCCc1nc(Cl)c([C@](Cc2ccccc2)(NC)C(=O)OC)n1Cc1ccc(-c2ccccc2-c2nn[nH]n2)cc1. The number of H-pyrrole nitrogens is 1. The molecule has 216 valence electrons. The highest BCUT2D eigenvalue weighted by Gasteiger charge is 2.45. The van der Waals surface area contributed by atoms with Crippen molar-refractivity contribution in [3.63, 3.8) is 0 Å². The summed E-state index contributed by atoms with van der Waals surface area (Å²) in [6.07, 6.45) is 3.04. The van der Waals surface area contributed by atoms with Crippen LogP contribution in [-0.4, -0.2) is 50.3 Å². The summed E-state index contributed by atoms with van der Waals surface area (Å²) in [6.45, 7) is 2.62. The predicted octanol–water partition coefficient (Wildman–Crippen LogP) is 5.60. The van der Waals surface area contributed by atoms with Crippen LogP contribution in [0.1, 0.15) is 42.4 Å². The zero-order valence-electron chi connectivity index (χ0n) is 24.0. The third kappa shape index (κ3) is 5.84. The van der Waals surface area contributed by atoms with Crippen LogP contribution in [0.2, 0.25) is 5.15 Å². The lowest BCUT2D eigenvalue weighted by Crippen LogP contribution is -2.51. The molecule has 2 heterocycles. The van der Waals surface area contributed by atoms with Gasteiger partial charge in [0.15, 0.2) is 10.7 Å². The van der Waals surface area contributed by atoms with E-state index in [-0.39, 0.29) is 0 Å². The lowest BCUT2D eigenvalue weighted by molar-refractivity contribution is -0.149. The van der Waals surface area contributed by atoms with Crippen LogP contribution in [-0.2, 0) is 34.5 Å². The zero-order valence-corrected chi connectivity index (χ0v) is 24.7. The van der Waals surface area contributed by atoms with Gasteiger partial charge in [0, 0.05) is 24.9 Å². The fraction of sp³-hybridized carbons (Fsp3) is 0.281. The van der Waals surface area contributed by atoms with E-state index < -0.39 is 11.5 Å². The van der Waals surface area contributed by atoms with Gasteiger partial charge in [0.05, 0.1) is 12.8 Å². The van der Waals surface area contributed by atoms with E-state index in [4.69, 9.17) is 21.3 Å². The van der Waals surface area contributed by atoms with E-state index in [1.807, 2.05) is 54.6 Å². The number of unbranched alkanes of at least 4 members (excludes halogenated alkanes) is 1. The standard InChI is InChI=1S/C32H34ClN7O2/c1-4-5-15-27-35-29(33)28(32(34-2,31(41)42-3)20-22-11-7-6-8-12-22)40(27)21-23-16-18-24(19-17-23)25-13-9-10-14-26(25)30-36-38-39-37-30/h6-14,16-19,34H,4-5,15,20-21H2,1-3H3,(H,36,37,38,39)/t32-/m0/s1. The molecule has 0 aliphatic rings. The number of hydrogen-bond acceptors (Lipinski definition) is 7. The smallest absolute Gasteiger partial charge is 0.332 e. The van der Waals surface area contributed by atoms with Gasteiger partial charge in [-0.2, -0.15) is 5.21 Å². The Hall–Kier alpha value is -4.34. The summed E-state index contributed by atoms with van der Waals surface area (Å²) >= 11 is 6.90. The summed E-state index contributed by atoms with van der Waals surface area (Å²) in [5.41, 5.74) is 4.29. The van der Waals surface area contributed by atoms with Crippen LogP contribution in [0, 0.1) is 0 Å². The van der Waals surface area contributed by atoms with Gasteiger partial charge in [-0.25, -0.2) is 9.78 Å². The molecule has 3 aromatic carbocycles. The molecule has 0 spiro atoms. The topological polar surface area (TPSA) is 111 Å². The maximum Gasteiger partial charge on any atom is 0.332 e. The number of carbonyl (C=O) groups is 1. The highest BCUT2D eigenvalue weighted by atomic mass is 35.5. The van der Waals surface area contributed by atoms with E-state index in [1.165, 1.54) is 7.11 Å². The van der Waals surface area contributed by atoms with Crippen molar-refractivity contribution < 1.29 is 9.53 Å². The third-order valence-electron chi connectivity index (χ3n) is 7.55. The second-order valence-electron chi connectivity index (χ2n) is 10.1. The largest absolute Gasteiger partial charge is 0.467 e. The van der Waals surface area contributed by atoms with Crippen LogP contribution in [0.4, 0.5) is 0 Å². The first kappa shape index (κ1) is 29.2. The number of imidazole rings is 1. The van der Waals surface area contributed by atoms with Crippen LogP contribution in [0.3, 0.4) is 0 Å². The number of benzene rings is 3. The first-order valence-corrected chi connectivity index (χ1v) is 14.4. The number of aromatic amines is 1. The van der Waals surface area contributed by atoms with Crippen molar-refractivity contribution in [3.05, 3.63) is 107 Å². The molecule has 0 aliphatic carbocycles. The van der Waals surface area contributed by atoms with Crippen LogP contribution in [0.5, 0.6) is 0 Å². The molecule has 10 heteroatoms. The quantitative estimate of drug-likeness (QED) is 0.184. The summed E-state index contributed by atoms with van der Waals surface area (Å²) in [5, 5.41) is 18.1. The first-order chi connectivity index (χ1) is 20.5. The van der Waals surface area contributed by atoms with E-state index in [0.29, 0.717) is 29.6 Å². The number of esters is 1. The van der Waals surface area contributed by atoms with Crippen molar-refractivity contribution >= 4 is 17.6 Å². The number of nitrogens with one attached hydrogen (secondary N) is 2. The summed E-state index contributed by atoms with van der Waals surface area (Å²) < 4.78 is 7.45. The number of ether oxygens (including phenoxy) is 1. The number of aryl methyl sites for hydroxylation is 1. The Morgan fingerprint density at radius 2 is 1.71 bits per heavy atom. The molecule has 0 bridgehead atoms. The minimum absolute atomic E-state index is 0.294. The molecular formula is C32H34ClN7O2. The molecule has 42 heavy (non-hydrogen) atoms. The van der Waals surface area contributed by atoms with Crippen LogP contribution < -0.4 is 5.32 Å². The van der Waals surface area contributed by atoms with Crippen molar-refractivity contribution in [1.82, 2.24) is 35.5 Å². The van der Waals surface area contributed by atoms with Crippen molar-refractivity contribution in [2.24, 2.45) is 0 Å². The van der Waals surface area contributed by atoms with Gasteiger partial charge in [0.2, 0.25) is 5.82 Å². The van der Waals surface area contributed by atoms with E-state index in [0.717, 1.165) is 52.9 Å². The number of tetrazole rings is 1. The average Bonchev–Trinajstić information content (AvgIpc) is 3.68. The lowest BCUT2D eigenvalue weighted by Gasteiger charge is -2.32. The fourth-order valence-corrected chi connectivity index (χ4v) is 5.75. The molecule has 0 amide bonds. The number of hydrogen-bond donors (Lipinski definition) is 2. The fourth-order valence-electron chi connectivity index (χ4n) is 5.39.